The Kier molecular flexibility index (Phi) is 67.0. The number of unbranched alkanes of at least 4 members (excludes halogenated alkanes) is 4. The third kappa shape index (κ3) is 59.0. The van der Waals surface area contributed by atoms with Crippen LogP contribution in [-0.2, 0) is 90.8 Å². The summed E-state index contributed by atoms with van der Waals surface area (Å²) in [6.07, 6.45) is 33.7. The van der Waals surface area contributed by atoms with E-state index in [4.69, 9.17) is 48.8 Å². The Morgan fingerprint density at radius 1 is 0.675 bits per heavy atom. The Morgan fingerprint density at radius 3 is 1.68 bits per heavy atom. The molecule has 1 heterocycles. The molecule has 0 aromatic carbocycles. The first-order valence-electron chi connectivity index (χ1n) is 41.8. The quantitative estimate of drug-likeness (QED) is 0.00675. The van der Waals surface area contributed by atoms with Gasteiger partial charge in [0.05, 0.1) is 51.5 Å². The highest BCUT2D eigenvalue weighted by Crippen LogP contribution is 2.64. The van der Waals surface area contributed by atoms with Crippen molar-refractivity contribution < 1.29 is 137 Å². The Bertz CT molecular complexity index is 3490. The predicted octanol–water partition coefficient (Wildman–Crippen LogP) is 10.5. The molecule has 1 aliphatic heterocycles. The minimum absolute atomic E-state index is 0.00136. The lowest BCUT2D eigenvalue weighted by Crippen LogP contribution is -2.48. The second kappa shape index (κ2) is 69.6. The van der Waals surface area contributed by atoms with Crippen molar-refractivity contribution in [2.75, 3.05) is 31.8 Å². The topological polar surface area (TPSA) is 495 Å². The van der Waals surface area contributed by atoms with Crippen molar-refractivity contribution in [1.29, 1.82) is 0 Å². The van der Waals surface area contributed by atoms with E-state index < -0.39 is 108 Å². The van der Waals surface area contributed by atoms with Gasteiger partial charge in [-0.15, -0.1) is 0 Å². The number of aliphatic hydroxyl groups excluding tert-OH is 7. The van der Waals surface area contributed by atoms with Crippen LogP contribution in [0.2, 0.25) is 0 Å². The molecule has 6 unspecified atom stereocenters. The average molecular weight is 1780 g/mol. The Morgan fingerprint density at radius 2 is 1.21 bits per heavy atom. The molecule has 2 saturated carbocycles. The van der Waals surface area contributed by atoms with E-state index in [2.05, 4.69) is 49.7 Å². The van der Waals surface area contributed by atoms with Crippen molar-refractivity contribution in [3.63, 3.8) is 0 Å². The normalized spacial score (nSPS) is 21.7. The van der Waals surface area contributed by atoms with Crippen LogP contribution >= 0.6 is 23.5 Å². The number of carboxylic acid groups (broad SMARTS) is 2. The molecule has 0 aromatic rings. The van der Waals surface area contributed by atoms with Crippen LogP contribution in [0.25, 0.3) is 0 Å². The first-order chi connectivity index (χ1) is 57.9. The summed E-state index contributed by atoms with van der Waals surface area (Å²) in [5, 5.41) is 91.6. The van der Waals surface area contributed by atoms with Crippen LogP contribution in [0.3, 0.4) is 0 Å². The summed E-state index contributed by atoms with van der Waals surface area (Å²) in [4.78, 5) is 149. The van der Waals surface area contributed by atoms with Crippen LogP contribution in [-0.4, -0.2) is 233 Å². The molecular formula is C90H143N3O28S2. The second-order valence-corrected chi connectivity index (χ2v) is 32.9. The number of esters is 6. The van der Waals surface area contributed by atoms with Crippen molar-refractivity contribution in [3.8, 4) is 0 Å². The van der Waals surface area contributed by atoms with Gasteiger partial charge in [-0.2, -0.15) is 0 Å². The maximum absolute atomic E-state index is 11.8. The monoisotopic (exact) mass is 1780 g/mol. The van der Waals surface area contributed by atoms with E-state index in [1.54, 1.807) is 96.2 Å². The van der Waals surface area contributed by atoms with Gasteiger partial charge in [0.25, 0.3) is 11.8 Å². The van der Waals surface area contributed by atoms with Crippen molar-refractivity contribution in [3.05, 3.63) is 121 Å². The molecular weight excluding hydrogens is 1640 g/mol. The van der Waals surface area contributed by atoms with Gasteiger partial charge in [0.15, 0.2) is 12.2 Å². The minimum atomic E-state index is -1.76. The lowest BCUT2D eigenvalue weighted by atomic mass is 9.66. The van der Waals surface area contributed by atoms with Gasteiger partial charge in [-0.05, 0) is 176 Å². The first-order valence-corrected chi connectivity index (χ1v) is 43.8. The number of rotatable bonds is 41. The number of carbonyl (C=O) groups is 13. The number of nitrogens with one attached hydrogen (secondary N) is 3. The van der Waals surface area contributed by atoms with Gasteiger partial charge in [0, 0.05) is 60.8 Å². The Labute approximate surface area is 735 Å². The fourth-order valence-corrected chi connectivity index (χ4v) is 13.5. The zero-order chi connectivity index (χ0) is 94.2. The molecule has 698 valence electrons. The van der Waals surface area contributed by atoms with E-state index in [-0.39, 0.29) is 101 Å². The van der Waals surface area contributed by atoms with Gasteiger partial charge < -0.3 is 90.3 Å². The van der Waals surface area contributed by atoms with E-state index in [1.165, 1.54) is 101 Å². The third-order valence-corrected chi connectivity index (χ3v) is 20.2. The SMILES string of the molecule is C/C=C/C=C/C(=O)SCC[C@H](NC(=O)C(O)/C=C/C(C)O)C(=O)O.C/C=C/C=C/C(=O)SCC[C@H](NC(=O)C(O)C(O)/C=C/C)C(=O)O.CC(C)=CCC[C@]1(C)C2CCC(CO)(C2)[C@H]1O.CCCCCCCC(=O)N[C@@H](CC(C)C)C(=O)OC.CCOC(=O)/C=C/C[C@H](C)OC(=O)C[C@H](C)O.C[C@@H]1C/C=C/C(=O)O[C@H](C)CC(=O)O[C@H](C)C/C=C/C(=O)O1. The fourth-order valence-electron chi connectivity index (χ4n) is 12.0. The van der Waals surface area contributed by atoms with Gasteiger partial charge in [-0.25, -0.2) is 28.8 Å². The molecule has 123 heavy (non-hydrogen) atoms. The molecule has 0 spiro atoms. The molecule has 33 heteroatoms. The highest BCUT2D eigenvalue weighted by molar-refractivity contribution is 8.14. The zero-order valence-corrected chi connectivity index (χ0v) is 76.6. The minimum Gasteiger partial charge on any atom is -0.480 e. The number of fused-ring (bicyclic) bond motifs is 2. The summed E-state index contributed by atoms with van der Waals surface area (Å²) >= 11 is 1.86. The summed E-state index contributed by atoms with van der Waals surface area (Å²) < 4.78 is 29.8. The molecule has 3 amide bonds. The number of cyclic esters (lactones) is 3. The van der Waals surface area contributed by atoms with Crippen molar-refractivity contribution in [2.45, 2.75) is 312 Å². The van der Waals surface area contributed by atoms with E-state index >= 15 is 0 Å². The molecule has 2 bridgehead atoms. The Balaban J connectivity index is -0.00000141. The summed E-state index contributed by atoms with van der Waals surface area (Å²) in [5.41, 5.74) is 1.19. The molecule has 0 radical (unpaired) electrons. The first kappa shape index (κ1) is 118. The maximum atomic E-state index is 11.8. The molecule has 16 atom stereocenters. The van der Waals surface area contributed by atoms with E-state index in [0.717, 1.165) is 68.1 Å². The third-order valence-electron chi connectivity index (χ3n) is 18.5. The van der Waals surface area contributed by atoms with E-state index in [0.29, 0.717) is 50.5 Å². The maximum Gasteiger partial charge on any atom is 0.330 e. The summed E-state index contributed by atoms with van der Waals surface area (Å²) in [6.45, 7) is 29.9. The number of amides is 3. The summed E-state index contributed by atoms with van der Waals surface area (Å²) in [6, 6.07) is -2.98. The van der Waals surface area contributed by atoms with Gasteiger partial charge in [0.1, 0.15) is 48.6 Å². The lowest BCUT2D eigenvalue weighted by Gasteiger charge is -2.42. The molecule has 3 rings (SSSR count). The number of hydrogen-bond donors (Lipinski definition) is 12. The number of aliphatic carboxylic acids is 2. The molecule has 2 fully saturated rings. The van der Waals surface area contributed by atoms with Crippen molar-refractivity contribution in [1.82, 2.24) is 16.0 Å². The van der Waals surface area contributed by atoms with Crippen LogP contribution in [0.5, 0.6) is 0 Å². The average Bonchev–Trinajstić information content (AvgIpc) is 1.55. The largest absolute Gasteiger partial charge is 0.480 e. The van der Waals surface area contributed by atoms with Gasteiger partial charge in [-0.1, -0.05) is 161 Å². The lowest BCUT2D eigenvalue weighted by molar-refractivity contribution is -0.154. The number of ether oxygens (including phenoxy) is 6. The van der Waals surface area contributed by atoms with E-state index in [1.807, 2.05) is 27.7 Å². The van der Waals surface area contributed by atoms with Crippen molar-refractivity contribution in [2.24, 2.45) is 22.7 Å². The van der Waals surface area contributed by atoms with Crippen LogP contribution in [0.15, 0.2) is 121 Å². The number of carbonyl (C=O) groups excluding carboxylic acids is 11. The number of carboxylic acids is 2. The standard InChI is InChI=1S/2C16H23NO6S.C16H22O6.C15H29NO3.C15H26O2.C12H20O5/c1-3-4-5-6-14(20)24-10-9-12(16(22)23)17-15(21)13(19)8-7-11(2)18;1-3-5-6-8-13(19)24-10-9-11(16(22)23)17-15(21)14(20)12(18)7-4-2;1-11-6-4-9-15(18)22-13(3)10-16(19)21-12(2)7-5-8-14(17)20-11;1-5-6-7-8-9-10-14(17)16-13(11-12(2)3)15(18)19-4;1-11(2)5-4-7-14(3)12-6-8-15(9-12,10-16)13(14)17;1-4-16-11(14)7-5-6-10(3)17-12(15)8-9(2)13/h3-8,11-13,18-19H,9-10H2,1-2H3,(H,17,21)(H,22,23);3-8,11-12,14,18,20H,9-10H2,1-2H3,(H,17,21)(H,22,23);4-5,8-9,11-13H,6-7,10H2,1-3H3;12-13H,5-11H2,1-4H3,(H,16,17);5,12-13,16-17H,4,6-10H2,1-3H3;5,7,9-10,13H,4,6,8H2,1-3H3/b4-3+,6-5+,8-7+;5-3+,7-4+,8-6+;8-5+,9-4+;;;7-5+/t11?,12-,13?;11-,12?,14?;11-,12-,13-;13-;12?,13-,14+,15?;9-,10-/m001000/s1. The number of hydrogen-bond acceptors (Lipinski definition) is 28. The molecule has 2 aliphatic carbocycles. The van der Waals surface area contributed by atoms with Gasteiger partial charge in [-0.3, -0.25) is 33.6 Å². The number of methoxy groups -OCH3 is 1. The molecule has 0 aromatic heterocycles. The summed E-state index contributed by atoms with van der Waals surface area (Å²) in [5.74, 6) is -5.80. The molecule has 0 saturated heterocycles. The van der Waals surface area contributed by atoms with Gasteiger partial charge in [0.2, 0.25) is 16.1 Å². The smallest absolute Gasteiger partial charge is 0.330 e. The second-order valence-electron chi connectivity index (χ2n) is 30.7. The van der Waals surface area contributed by atoms with Crippen molar-refractivity contribution >= 4 is 99.2 Å². The number of thioether (sulfide) groups is 2. The molecule has 31 nitrogen and oxygen atoms in total. The fraction of sp³-hybridized carbons (Fsp3) is 0.633. The zero-order valence-electron chi connectivity index (χ0n) is 75.0. The molecule has 3 aliphatic rings. The van der Waals surface area contributed by atoms with Crippen LogP contribution in [0, 0.1) is 22.7 Å². The number of aliphatic hydroxyl groups is 7. The predicted molar refractivity (Wildman–Crippen MR) is 472 cm³/mol. The van der Waals surface area contributed by atoms with Crippen LogP contribution in [0.1, 0.15) is 233 Å². The highest BCUT2D eigenvalue weighted by atomic mass is 32.2. The van der Waals surface area contributed by atoms with Crippen LogP contribution in [0.4, 0.5) is 0 Å². The van der Waals surface area contributed by atoms with Gasteiger partial charge >= 0.3 is 47.8 Å². The molecule has 12 N–H and O–H groups in total. The number of allylic oxidation sites excluding steroid dienone is 9. The van der Waals surface area contributed by atoms with E-state index in [9.17, 15) is 87.9 Å². The highest BCUT2D eigenvalue weighted by Gasteiger charge is 2.62. The summed E-state index contributed by atoms with van der Waals surface area (Å²) in [7, 11) is 1.35. The Hall–Kier alpha value is -8.67. The van der Waals surface area contributed by atoms with Crippen LogP contribution < -0.4 is 16.0 Å².